The summed E-state index contributed by atoms with van der Waals surface area (Å²) < 4.78 is 77.9. The van der Waals surface area contributed by atoms with E-state index in [2.05, 4.69) is 0 Å². The highest BCUT2D eigenvalue weighted by Crippen LogP contribution is 2.35. The van der Waals surface area contributed by atoms with E-state index in [0.29, 0.717) is 24.3 Å². The molecule has 0 atom stereocenters. The topological polar surface area (TPSA) is 86.2 Å². The van der Waals surface area contributed by atoms with Crippen molar-refractivity contribution in [3.8, 4) is 0 Å². The first kappa shape index (κ1) is 23.7. The van der Waals surface area contributed by atoms with Gasteiger partial charge < -0.3 is 11.5 Å². The van der Waals surface area contributed by atoms with Gasteiger partial charge in [-0.05, 0) is 6.07 Å². The lowest BCUT2D eigenvalue weighted by Gasteiger charge is -2.29. The van der Waals surface area contributed by atoms with Gasteiger partial charge in [0.25, 0.3) is 0 Å². The van der Waals surface area contributed by atoms with Crippen molar-refractivity contribution in [2.24, 2.45) is 23.3 Å². The van der Waals surface area contributed by atoms with E-state index in [-0.39, 0.29) is 11.1 Å². The average Bonchev–Trinajstić information content (AvgIpc) is 2.72. The molecule has 0 bridgehead atoms. The summed E-state index contributed by atoms with van der Waals surface area (Å²) in [4.78, 5) is 25.4. The Balaban J connectivity index is 1.77. The van der Waals surface area contributed by atoms with E-state index in [1.54, 1.807) is 0 Å². The zero-order valence-electron chi connectivity index (χ0n) is 16.3. The van der Waals surface area contributed by atoms with Gasteiger partial charge in [0.2, 0.25) is 0 Å². The summed E-state index contributed by atoms with van der Waals surface area (Å²) in [5.74, 6) is -3.16. The fraction of sp³-hybridized carbons (Fsp3) is 0.273. The van der Waals surface area contributed by atoms with E-state index in [1.165, 1.54) is 24.3 Å². The Bertz CT molecular complexity index is 942. The number of ketones is 2. The molecule has 1 aromatic rings. The molecule has 0 heterocycles. The Labute approximate surface area is 178 Å². The average molecular weight is 456 g/mol. The van der Waals surface area contributed by atoms with Crippen molar-refractivity contribution in [3.05, 3.63) is 84.0 Å². The van der Waals surface area contributed by atoms with Crippen LogP contribution < -0.4 is 11.5 Å². The minimum atomic E-state index is -4.73. The van der Waals surface area contributed by atoms with E-state index < -0.39 is 46.8 Å². The molecule has 3 rings (SSSR count). The fourth-order valence-corrected chi connectivity index (χ4v) is 3.23. The number of benzene rings is 1. The molecular weight excluding hydrogens is 438 g/mol. The summed E-state index contributed by atoms with van der Waals surface area (Å²) in [6.07, 6.45) is -2.52. The van der Waals surface area contributed by atoms with Crippen LogP contribution in [-0.2, 0) is 0 Å². The molecular formula is C22H18F6N2O2. The first-order valence-corrected chi connectivity index (χ1v) is 9.34. The van der Waals surface area contributed by atoms with Crippen LogP contribution in [0.25, 0.3) is 0 Å². The molecule has 0 radical (unpaired) electrons. The molecule has 32 heavy (non-hydrogen) atoms. The number of hydrogen-bond donors (Lipinski definition) is 2. The standard InChI is InChI=1S/C22H18F6N2O2/c23-21(24,25)19(29)8-4-13(5-9-19)17(31)15-2-1-3-16(12-15)18(32)14-6-10-20(30,11-7-14)22(26,27)28/h1-14H,29-30H2. The van der Waals surface area contributed by atoms with Crippen LogP contribution in [0.15, 0.2) is 72.9 Å². The van der Waals surface area contributed by atoms with Crippen molar-refractivity contribution in [2.75, 3.05) is 0 Å². The lowest BCUT2D eigenvalue weighted by molar-refractivity contribution is -0.159. The number of hydrogen-bond acceptors (Lipinski definition) is 4. The zero-order valence-corrected chi connectivity index (χ0v) is 16.3. The smallest absolute Gasteiger partial charge is 0.311 e. The zero-order chi connectivity index (χ0) is 23.9. The molecule has 170 valence electrons. The maximum absolute atomic E-state index is 13.0. The van der Waals surface area contributed by atoms with Crippen molar-refractivity contribution in [2.45, 2.75) is 23.4 Å². The minimum Gasteiger partial charge on any atom is -0.311 e. The van der Waals surface area contributed by atoms with Crippen molar-refractivity contribution in [1.29, 1.82) is 0 Å². The summed E-state index contributed by atoms with van der Waals surface area (Å²) in [6, 6.07) is 5.42. The van der Waals surface area contributed by atoms with Crippen molar-refractivity contribution in [3.63, 3.8) is 0 Å². The van der Waals surface area contributed by atoms with Crippen LogP contribution in [0.1, 0.15) is 20.7 Å². The lowest BCUT2D eigenvalue weighted by Crippen LogP contribution is -2.51. The Hall–Kier alpha value is -2.98. The van der Waals surface area contributed by atoms with Crippen LogP contribution in [0, 0.1) is 11.8 Å². The quantitative estimate of drug-likeness (QED) is 0.407. The number of carbonyl (C=O) groups excluding carboxylic acids is 2. The van der Waals surface area contributed by atoms with Gasteiger partial charge in [-0.25, -0.2) is 0 Å². The predicted octanol–water partition coefficient (Wildman–Crippen LogP) is 4.06. The highest BCUT2D eigenvalue weighted by molar-refractivity contribution is 6.05. The summed E-state index contributed by atoms with van der Waals surface area (Å²) in [7, 11) is 0. The number of halogens is 6. The van der Waals surface area contributed by atoms with Gasteiger partial charge >= 0.3 is 12.4 Å². The molecule has 0 spiro atoms. The second-order valence-corrected chi connectivity index (χ2v) is 7.66. The molecule has 0 amide bonds. The van der Waals surface area contributed by atoms with Gasteiger partial charge in [-0.2, -0.15) is 26.3 Å². The summed E-state index contributed by atoms with van der Waals surface area (Å²) in [5, 5.41) is 0. The maximum atomic E-state index is 13.0. The van der Waals surface area contributed by atoms with Gasteiger partial charge in [0.05, 0.1) is 11.8 Å². The van der Waals surface area contributed by atoms with E-state index in [0.717, 1.165) is 24.3 Å². The molecule has 10 heteroatoms. The Morgan fingerprint density at radius 2 is 1.00 bits per heavy atom. The minimum absolute atomic E-state index is 0.0545. The molecule has 0 fully saturated rings. The normalized spacial score (nSPS) is 29.9. The number of carbonyl (C=O) groups is 2. The SMILES string of the molecule is NC1(C(F)(F)F)C=CC(C(=O)c2cccc(C(=O)C3C=CC(N)(C(F)(F)F)C=C3)c2)C=C1. The Morgan fingerprint density at radius 3 is 1.28 bits per heavy atom. The first-order valence-electron chi connectivity index (χ1n) is 9.34. The van der Waals surface area contributed by atoms with Crippen LogP contribution in [-0.4, -0.2) is 35.0 Å². The van der Waals surface area contributed by atoms with E-state index in [4.69, 9.17) is 11.5 Å². The van der Waals surface area contributed by atoms with Gasteiger partial charge in [0.15, 0.2) is 11.6 Å². The monoisotopic (exact) mass is 456 g/mol. The predicted molar refractivity (Wildman–Crippen MR) is 105 cm³/mol. The molecule has 0 saturated heterocycles. The second-order valence-electron chi connectivity index (χ2n) is 7.66. The number of allylic oxidation sites excluding steroid dienone is 4. The fourth-order valence-electron chi connectivity index (χ4n) is 3.23. The van der Waals surface area contributed by atoms with Crippen LogP contribution in [0.2, 0.25) is 0 Å². The molecule has 0 unspecified atom stereocenters. The lowest BCUT2D eigenvalue weighted by atomic mass is 9.84. The van der Waals surface area contributed by atoms with Gasteiger partial charge in [-0.3, -0.25) is 9.59 Å². The van der Waals surface area contributed by atoms with Crippen molar-refractivity contribution >= 4 is 11.6 Å². The number of nitrogens with two attached hydrogens (primary N) is 2. The number of Topliss-reactive ketones (excluding diaryl/α,β-unsaturated/α-hetero) is 2. The van der Waals surface area contributed by atoms with E-state index in [1.807, 2.05) is 0 Å². The van der Waals surface area contributed by atoms with E-state index in [9.17, 15) is 35.9 Å². The third-order valence-corrected chi connectivity index (χ3v) is 5.34. The first-order chi connectivity index (χ1) is 14.7. The second kappa shape index (κ2) is 7.86. The highest BCUT2D eigenvalue weighted by atomic mass is 19.4. The summed E-state index contributed by atoms with van der Waals surface area (Å²) in [5.41, 5.74) is 5.33. The summed E-state index contributed by atoms with van der Waals surface area (Å²) in [6.45, 7) is 0. The molecule has 1 aromatic carbocycles. The van der Waals surface area contributed by atoms with Crippen molar-refractivity contribution < 1.29 is 35.9 Å². The molecule has 2 aliphatic carbocycles. The Kier molecular flexibility index (Phi) is 5.82. The van der Waals surface area contributed by atoms with E-state index >= 15 is 0 Å². The maximum Gasteiger partial charge on any atom is 0.413 e. The molecule has 0 aromatic heterocycles. The molecule has 4 nitrogen and oxygen atoms in total. The molecule has 4 N–H and O–H groups in total. The van der Waals surface area contributed by atoms with Gasteiger partial charge in [-0.1, -0.05) is 66.8 Å². The van der Waals surface area contributed by atoms with Gasteiger partial charge in [0.1, 0.15) is 11.1 Å². The molecule has 2 aliphatic rings. The third kappa shape index (κ3) is 4.33. The van der Waals surface area contributed by atoms with Crippen LogP contribution >= 0.6 is 0 Å². The Morgan fingerprint density at radius 1 is 0.688 bits per heavy atom. The van der Waals surface area contributed by atoms with Crippen LogP contribution in [0.4, 0.5) is 26.3 Å². The summed E-state index contributed by atoms with van der Waals surface area (Å²) >= 11 is 0. The van der Waals surface area contributed by atoms with Crippen LogP contribution in [0.3, 0.4) is 0 Å². The van der Waals surface area contributed by atoms with Crippen LogP contribution in [0.5, 0.6) is 0 Å². The van der Waals surface area contributed by atoms with Gasteiger partial charge in [-0.15, -0.1) is 0 Å². The third-order valence-electron chi connectivity index (χ3n) is 5.34. The number of alkyl halides is 6. The largest absolute Gasteiger partial charge is 0.413 e. The molecule has 0 saturated carbocycles. The van der Waals surface area contributed by atoms with Crippen molar-refractivity contribution in [1.82, 2.24) is 0 Å². The van der Waals surface area contributed by atoms with Gasteiger partial charge in [0, 0.05) is 11.1 Å². The molecule has 0 aliphatic heterocycles. The highest BCUT2D eigenvalue weighted by Gasteiger charge is 2.50. The number of rotatable bonds is 4.